The fourth-order valence-corrected chi connectivity index (χ4v) is 1.17. The molecule has 0 spiro atoms. The lowest BCUT2D eigenvalue weighted by Crippen LogP contribution is -2.33. The van der Waals surface area contributed by atoms with Gasteiger partial charge in [-0.25, -0.2) is 0 Å². The number of hydrogen-bond acceptors (Lipinski definition) is 5. The topological polar surface area (TPSA) is 90.2 Å². The van der Waals surface area contributed by atoms with Crippen LogP contribution in [0.1, 0.15) is 13.8 Å². The van der Waals surface area contributed by atoms with Crippen LogP contribution in [-0.2, 0) is 4.74 Å². The number of ether oxygens (including phenoxy) is 1. The van der Waals surface area contributed by atoms with E-state index in [4.69, 9.17) is 14.9 Å². The Morgan fingerprint density at radius 1 is 1.08 bits per heavy atom. The van der Waals surface area contributed by atoms with E-state index in [0.717, 1.165) is 0 Å². The minimum absolute atomic E-state index is 0.150. The molecule has 1 aliphatic rings. The van der Waals surface area contributed by atoms with Gasteiger partial charge >= 0.3 is 0 Å². The van der Waals surface area contributed by atoms with E-state index in [9.17, 15) is 10.2 Å². The summed E-state index contributed by atoms with van der Waals surface area (Å²) in [5.74, 6) is -0.150. The summed E-state index contributed by atoms with van der Waals surface area (Å²) in [6.45, 7) is 3.28. The molecule has 1 unspecified atom stereocenters. The summed E-state index contributed by atoms with van der Waals surface area (Å²) in [5.41, 5.74) is 0.574. The van der Waals surface area contributed by atoms with Gasteiger partial charge in [0.15, 0.2) is 6.29 Å². The first-order chi connectivity index (χ1) is 5.95. The first-order valence-corrected chi connectivity index (χ1v) is 4.01. The quantitative estimate of drug-likeness (QED) is 0.409. The Hall–Kier alpha value is -0.620. The van der Waals surface area contributed by atoms with Gasteiger partial charge in [0.2, 0.25) is 0 Å². The molecular formula is C8H14O5. The summed E-state index contributed by atoms with van der Waals surface area (Å²) in [6.07, 6.45) is -5.13. The highest BCUT2D eigenvalue weighted by atomic mass is 16.6. The zero-order chi connectivity index (χ0) is 10.2. The third-order valence-corrected chi connectivity index (χ3v) is 2.02. The van der Waals surface area contributed by atoms with E-state index in [1.165, 1.54) is 0 Å². The number of aliphatic hydroxyl groups excluding tert-OH is 4. The van der Waals surface area contributed by atoms with Crippen LogP contribution in [-0.4, -0.2) is 45.0 Å². The van der Waals surface area contributed by atoms with Crippen molar-refractivity contribution in [1.82, 2.24) is 0 Å². The van der Waals surface area contributed by atoms with Gasteiger partial charge in [-0.15, -0.1) is 0 Å². The minimum atomic E-state index is -1.44. The van der Waals surface area contributed by atoms with Gasteiger partial charge in [-0.05, 0) is 19.4 Å². The van der Waals surface area contributed by atoms with Gasteiger partial charge in [-0.3, -0.25) is 0 Å². The van der Waals surface area contributed by atoms with E-state index >= 15 is 0 Å². The lowest BCUT2D eigenvalue weighted by atomic mass is 10.1. The van der Waals surface area contributed by atoms with Crippen molar-refractivity contribution in [3.05, 3.63) is 11.3 Å². The van der Waals surface area contributed by atoms with E-state index in [1.807, 2.05) is 0 Å². The van der Waals surface area contributed by atoms with Crippen LogP contribution in [0.25, 0.3) is 0 Å². The molecule has 1 heterocycles. The molecule has 5 heteroatoms. The fourth-order valence-electron chi connectivity index (χ4n) is 1.17. The Kier molecular flexibility index (Phi) is 2.92. The number of rotatable bonds is 1. The van der Waals surface area contributed by atoms with Gasteiger partial charge in [0.05, 0.1) is 0 Å². The Labute approximate surface area is 75.9 Å². The molecule has 4 atom stereocenters. The molecule has 1 rings (SSSR count). The van der Waals surface area contributed by atoms with Crippen LogP contribution in [0.5, 0.6) is 0 Å². The Bertz CT molecular complexity index is 221. The zero-order valence-electron chi connectivity index (χ0n) is 7.51. The second kappa shape index (κ2) is 3.63. The molecule has 0 radical (unpaired) electrons. The molecular weight excluding hydrogens is 176 g/mol. The predicted octanol–water partition coefficient (Wildman–Crippen LogP) is -0.723. The van der Waals surface area contributed by atoms with Crippen LogP contribution in [0.4, 0.5) is 0 Å². The van der Waals surface area contributed by atoms with E-state index in [1.54, 1.807) is 13.8 Å². The summed E-state index contributed by atoms with van der Waals surface area (Å²) in [7, 11) is 0. The summed E-state index contributed by atoms with van der Waals surface area (Å²) in [5, 5.41) is 36.8. The maximum Gasteiger partial charge on any atom is 0.184 e. The van der Waals surface area contributed by atoms with Crippen LogP contribution < -0.4 is 0 Å². The molecule has 1 aliphatic heterocycles. The average molecular weight is 190 g/mol. The van der Waals surface area contributed by atoms with Crippen LogP contribution >= 0.6 is 0 Å². The Morgan fingerprint density at radius 2 is 1.62 bits per heavy atom. The van der Waals surface area contributed by atoms with Crippen molar-refractivity contribution in [3.8, 4) is 0 Å². The van der Waals surface area contributed by atoms with Gasteiger partial charge < -0.3 is 25.2 Å². The second-order valence-electron chi connectivity index (χ2n) is 3.31. The fraction of sp³-hybridized carbons (Fsp3) is 0.750. The predicted molar refractivity (Wildman–Crippen MR) is 43.9 cm³/mol. The minimum Gasteiger partial charge on any atom is -0.510 e. The molecule has 1 fully saturated rings. The summed E-state index contributed by atoms with van der Waals surface area (Å²) < 4.78 is 4.76. The molecule has 5 nitrogen and oxygen atoms in total. The summed E-state index contributed by atoms with van der Waals surface area (Å²) in [6, 6.07) is 0. The normalized spacial score (nSPS) is 39.2. The molecule has 0 amide bonds. The van der Waals surface area contributed by atoms with Gasteiger partial charge in [0.25, 0.3) is 0 Å². The maximum atomic E-state index is 9.40. The molecule has 76 valence electrons. The van der Waals surface area contributed by atoms with Crippen molar-refractivity contribution in [2.24, 2.45) is 0 Å². The summed E-state index contributed by atoms with van der Waals surface area (Å²) in [4.78, 5) is 0. The smallest absolute Gasteiger partial charge is 0.184 e. The third-order valence-electron chi connectivity index (χ3n) is 2.02. The lowest BCUT2D eigenvalue weighted by Gasteiger charge is -2.14. The third kappa shape index (κ3) is 1.83. The molecule has 0 aliphatic carbocycles. The maximum absolute atomic E-state index is 9.40. The van der Waals surface area contributed by atoms with E-state index < -0.39 is 24.6 Å². The lowest BCUT2D eigenvalue weighted by molar-refractivity contribution is -0.125. The van der Waals surface area contributed by atoms with Crippen molar-refractivity contribution in [2.75, 3.05) is 0 Å². The van der Waals surface area contributed by atoms with E-state index in [0.29, 0.717) is 5.57 Å². The van der Waals surface area contributed by atoms with Crippen LogP contribution in [0.3, 0.4) is 0 Å². The van der Waals surface area contributed by atoms with Gasteiger partial charge in [-0.1, -0.05) is 0 Å². The highest BCUT2D eigenvalue weighted by Crippen LogP contribution is 2.25. The van der Waals surface area contributed by atoms with Crippen molar-refractivity contribution in [3.63, 3.8) is 0 Å². The molecule has 1 saturated heterocycles. The van der Waals surface area contributed by atoms with Gasteiger partial charge in [0.1, 0.15) is 24.1 Å². The number of hydrogen-bond donors (Lipinski definition) is 4. The largest absolute Gasteiger partial charge is 0.510 e. The molecule has 0 aromatic rings. The molecule has 13 heavy (non-hydrogen) atoms. The second-order valence-corrected chi connectivity index (χ2v) is 3.31. The van der Waals surface area contributed by atoms with Crippen LogP contribution in [0.2, 0.25) is 0 Å². The van der Waals surface area contributed by atoms with E-state index in [-0.39, 0.29) is 5.76 Å². The highest BCUT2D eigenvalue weighted by Gasteiger charge is 2.44. The molecule has 0 bridgehead atoms. The summed E-state index contributed by atoms with van der Waals surface area (Å²) >= 11 is 0. The van der Waals surface area contributed by atoms with Crippen LogP contribution in [0.15, 0.2) is 11.3 Å². The van der Waals surface area contributed by atoms with Gasteiger partial charge in [-0.2, -0.15) is 0 Å². The van der Waals surface area contributed by atoms with Crippen LogP contribution in [0, 0.1) is 0 Å². The van der Waals surface area contributed by atoms with Gasteiger partial charge in [0, 0.05) is 0 Å². The van der Waals surface area contributed by atoms with Crippen molar-refractivity contribution in [2.45, 2.75) is 38.4 Å². The van der Waals surface area contributed by atoms with Crippen molar-refractivity contribution < 1.29 is 25.2 Å². The zero-order valence-corrected chi connectivity index (χ0v) is 7.51. The molecule has 4 N–H and O–H groups in total. The number of allylic oxidation sites excluding steroid dienone is 1. The number of aliphatic hydroxyl groups is 4. The first kappa shape index (κ1) is 10.5. The van der Waals surface area contributed by atoms with Crippen molar-refractivity contribution >= 4 is 0 Å². The SMILES string of the molecule is CC(C)=C(O)[C@H]1OC(O)[C@H](O)[C@H]1O. The van der Waals surface area contributed by atoms with E-state index in [2.05, 4.69) is 0 Å². The Balaban J connectivity index is 2.80. The average Bonchev–Trinajstić information content (AvgIpc) is 2.31. The first-order valence-electron chi connectivity index (χ1n) is 4.01. The monoisotopic (exact) mass is 190 g/mol. The van der Waals surface area contributed by atoms with Crippen molar-refractivity contribution in [1.29, 1.82) is 0 Å². The highest BCUT2D eigenvalue weighted by molar-refractivity contribution is 5.11. The Morgan fingerprint density at radius 3 is 1.92 bits per heavy atom. The molecule has 0 aromatic heterocycles. The standard InChI is InChI=1S/C8H14O5/c1-3(2)4(9)7-5(10)6(11)8(12)13-7/h5-12H,1-2H3/t5-,6-,7-,8?/m1/s1. The molecule has 0 saturated carbocycles. The molecule has 0 aromatic carbocycles.